The highest BCUT2D eigenvalue weighted by molar-refractivity contribution is 6.34. The lowest BCUT2D eigenvalue weighted by Gasteiger charge is -2.09. The van der Waals surface area contributed by atoms with Gasteiger partial charge in [-0.3, -0.25) is 0 Å². The second-order valence-corrected chi connectivity index (χ2v) is 4.60. The van der Waals surface area contributed by atoms with Crippen LogP contribution in [0.2, 0.25) is 10.0 Å². The van der Waals surface area contributed by atoms with E-state index in [9.17, 15) is 10.2 Å². The molecule has 0 heterocycles. The Morgan fingerprint density at radius 1 is 0.722 bits per heavy atom. The Bertz CT molecular complexity index is 528. The van der Waals surface area contributed by atoms with E-state index in [1.54, 1.807) is 12.1 Å². The van der Waals surface area contributed by atoms with E-state index in [1.807, 2.05) is 0 Å². The number of halogens is 2. The molecule has 0 aliphatic heterocycles. The van der Waals surface area contributed by atoms with Crippen LogP contribution >= 0.6 is 23.2 Å². The molecule has 0 spiro atoms. The molecule has 4 nitrogen and oxygen atoms in total. The summed E-state index contributed by atoms with van der Waals surface area (Å²) >= 11 is 11.7. The van der Waals surface area contributed by atoms with E-state index in [0.29, 0.717) is 11.1 Å². The molecule has 0 bridgehead atoms. The van der Waals surface area contributed by atoms with E-state index in [1.165, 1.54) is 12.1 Å². The number of hydrogen-bond acceptors (Lipinski definition) is 4. The molecule has 0 fully saturated rings. The van der Waals surface area contributed by atoms with Gasteiger partial charge in [0.1, 0.15) is 11.5 Å². The Morgan fingerprint density at radius 3 is 1.33 bits per heavy atom. The van der Waals surface area contributed by atoms with Gasteiger partial charge in [-0.1, -0.05) is 23.2 Å². The van der Waals surface area contributed by atoms with Crippen molar-refractivity contribution >= 4 is 34.6 Å². The quantitative estimate of drug-likeness (QED) is 0.478. The summed E-state index contributed by atoms with van der Waals surface area (Å²) in [7, 11) is 0. The summed E-state index contributed by atoms with van der Waals surface area (Å²) in [5, 5.41) is 19.7. The molecule has 94 valence electrons. The van der Waals surface area contributed by atoms with Crippen molar-refractivity contribution in [1.29, 1.82) is 0 Å². The fraction of sp³-hybridized carbons (Fsp3) is 0. The number of hydrogen-bond donors (Lipinski definition) is 4. The average Bonchev–Trinajstić information content (AvgIpc) is 2.31. The van der Waals surface area contributed by atoms with Gasteiger partial charge in [-0.25, -0.2) is 0 Å². The van der Waals surface area contributed by atoms with Crippen LogP contribution in [0, 0.1) is 0 Å². The number of aromatic hydroxyl groups is 2. The number of phenolic OH excluding ortho intramolecular Hbond substituents is 2. The smallest absolute Gasteiger partial charge is 0.140 e. The molecule has 18 heavy (non-hydrogen) atoms. The van der Waals surface area contributed by atoms with Crippen molar-refractivity contribution in [2.45, 2.75) is 0 Å². The number of nitrogen functional groups attached to an aromatic ring is 2. The van der Waals surface area contributed by atoms with Crippen LogP contribution in [0.4, 0.5) is 11.4 Å². The zero-order valence-electron chi connectivity index (χ0n) is 9.11. The predicted octanol–water partition coefficient (Wildman–Crippen LogP) is 3.24. The number of rotatable bonds is 1. The van der Waals surface area contributed by atoms with Gasteiger partial charge in [0.15, 0.2) is 0 Å². The van der Waals surface area contributed by atoms with Gasteiger partial charge in [0, 0.05) is 0 Å². The average molecular weight is 285 g/mol. The van der Waals surface area contributed by atoms with Gasteiger partial charge in [0.25, 0.3) is 0 Å². The van der Waals surface area contributed by atoms with E-state index in [4.69, 9.17) is 34.7 Å². The van der Waals surface area contributed by atoms with Crippen molar-refractivity contribution in [1.82, 2.24) is 0 Å². The van der Waals surface area contributed by atoms with Crippen LogP contribution in [0.15, 0.2) is 24.3 Å². The van der Waals surface area contributed by atoms with Gasteiger partial charge < -0.3 is 21.7 Å². The molecule has 0 aromatic heterocycles. The van der Waals surface area contributed by atoms with Crippen LogP contribution in [0.25, 0.3) is 11.1 Å². The molecule has 2 rings (SSSR count). The van der Waals surface area contributed by atoms with E-state index in [0.717, 1.165) is 0 Å². The summed E-state index contributed by atoms with van der Waals surface area (Å²) in [6, 6.07) is 6.00. The molecule has 0 aliphatic rings. The Kier molecular flexibility index (Phi) is 3.15. The predicted molar refractivity (Wildman–Crippen MR) is 74.1 cm³/mol. The number of benzene rings is 2. The number of nitrogens with two attached hydrogens (primary N) is 2. The molecule has 0 aliphatic carbocycles. The highest BCUT2D eigenvalue weighted by Gasteiger charge is 2.11. The van der Waals surface area contributed by atoms with Crippen LogP contribution in [0.5, 0.6) is 11.5 Å². The zero-order chi connectivity index (χ0) is 13.4. The van der Waals surface area contributed by atoms with Gasteiger partial charge in [-0.15, -0.1) is 0 Å². The van der Waals surface area contributed by atoms with Crippen molar-refractivity contribution in [3.63, 3.8) is 0 Å². The van der Waals surface area contributed by atoms with Crippen molar-refractivity contribution in [3.8, 4) is 22.6 Å². The van der Waals surface area contributed by atoms with E-state index >= 15 is 0 Å². The lowest BCUT2D eigenvalue weighted by Crippen LogP contribution is -1.91. The first-order valence-corrected chi connectivity index (χ1v) is 5.72. The molecular formula is C12H10Cl2N2O2. The first-order chi connectivity index (χ1) is 8.40. The summed E-state index contributed by atoms with van der Waals surface area (Å²) in [5.41, 5.74) is 12.4. The third kappa shape index (κ3) is 2.12. The van der Waals surface area contributed by atoms with Gasteiger partial charge in [0.05, 0.1) is 21.4 Å². The largest absolute Gasteiger partial charge is 0.506 e. The van der Waals surface area contributed by atoms with E-state index < -0.39 is 0 Å². The monoisotopic (exact) mass is 284 g/mol. The molecule has 2 aromatic carbocycles. The summed E-state index contributed by atoms with van der Waals surface area (Å²) in [4.78, 5) is 0. The standard InChI is InChI=1S/C12H10Cl2N2O2/c13-7-1-5(3-9(17)11(7)15)6-2-8(14)12(16)10(18)4-6/h1-4,17-18H,15-16H2. The van der Waals surface area contributed by atoms with Crippen LogP contribution in [0.1, 0.15) is 0 Å². The van der Waals surface area contributed by atoms with Crippen molar-refractivity contribution in [2.75, 3.05) is 11.5 Å². The van der Waals surface area contributed by atoms with Gasteiger partial charge in [0.2, 0.25) is 0 Å². The lowest BCUT2D eigenvalue weighted by atomic mass is 10.0. The molecule has 6 heteroatoms. The second kappa shape index (κ2) is 4.48. The number of phenols is 2. The van der Waals surface area contributed by atoms with Crippen LogP contribution in [-0.4, -0.2) is 10.2 Å². The molecule has 0 unspecified atom stereocenters. The van der Waals surface area contributed by atoms with E-state index in [2.05, 4.69) is 0 Å². The minimum Gasteiger partial charge on any atom is -0.506 e. The van der Waals surface area contributed by atoms with Crippen molar-refractivity contribution in [2.24, 2.45) is 0 Å². The minimum absolute atomic E-state index is 0.103. The highest BCUT2D eigenvalue weighted by atomic mass is 35.5. The Hall–Kier alpha value is -1.78. The molecule has 0 atom stereocenters. The van der Waals surface area contributed by atoms with E-state index in [-0.39, 0.29) is 32.9 Å². The molecule has 6 N–H and O–H groups in total. The zero-order valence-corrected chi connectivity index (χ0v) is 10.6. The third-order valence-electron chi connectivity index (χ3n) is 2.55. The topological polar surface area (TPSA) is 92.5 Å². The molecule has 2 aromatic rings. The van der Waals surface area contributed by atoms with Gasteiger partial charge in [-0.05, 0) is 35.4 Å². The van der Waals surface area contributed by atoms with Crippen molar-refractivity contribution in [3.05, 3.63) is 34.3 Å². The summed E-state index contributed by atoms with van der Waals surface area (Å²) in [5.74, 6) is -0.269. The first-order valence-electron chi connectivity index (χ1n) is 4.96. The Balaban J connectivity index is 2.63. The first kappa shape index (κ1) is 12.7. The Labute approximate surface area is 113 Å². The van der Waals surface area contributed by atoms with Crippen LogP contribution < -0.4 is 11.5 Å². The summed E-state index contributed by atoms with van der Waals surface area (Å²) in [6.07, 6.45) is 0. The summed E-state index contributed by atoms with van der Waals surface area (Å²) in [6.45, 7) is 0. The maximum Gasteiger partial charge on any atom is 0.140 e. The van der Waals surface area contributed by atoms with Crippen molar-refractivity contribution < 1.29 is 10.2 Å². The highest BCUT2D eigenvalue weighted by Crippen LogP contribution is 2.38. The SMILES string of the molecule is Nc1c(O)cc(-c2cc(O)c(N)c(Cl)c2)cc1Cl. The fourth-order valence-corrected chi connectivity index (χ4v) is 1.97. The van der Waals surface area contributed by atoms with Crippen LogP contribution in [-0.2, 0) is 0 Å². The molecular weight excluding hydrogens is 275 g/mol. The van der Waals surface area contributed by atoms with Gasteiger partial charge >= 0.3 is 0 Å². The maximum atomic E-state index is 9.61. The molecule has 0 saturated carbocycles. The molecule has 0 amide bonds. The second-order valence-electron chi connectivity index (χ2n) is 3.78. The molecule has 0 saturated heterocycles. The number of anilines is 2. The normalized spacial score (nSPS) is 10.6. The summed E-state index contributed by atoms with van der Waals surface area (Å²) < 4.78 is 0. The minimum atomic E-state index is -0.134. The maximum absolute atomic E-state index is 9.61. The Morgan fingerprint density at radius 2 is 1.06 bits per heavy atom. The lowest BCUT2D eigenvalue weighted by molar-refractivity contribution is 0.477. The fourth-order valence-electron chi connectivity index (χ4n) is 1.54. The van der Waals surface area contributed by atoms with Gasteiger partial charge in [-0.2, -0.15) is 0 Å². The van der Waals surface area contributed by atoms with Crippen LogP contribution in [0.3, 0.4) is 0 Å². The molecule has 0 radical (unpaired) electrons. The third-order valence-corrected chi connectivity index (χ3v) is 3.17.